The molecule has 0 saturated carbocycles. The van der Waals surface area contributed by atoms with E-state index in [2.05, 4.69) is 26.1 Å². The maximum Gasteiger partial charge on any atom is 0.325 e. The van der Waals surface area contributed by atoms with E-state index in [0.717, 1.165) is 10.5 Å². The number of imide groups is 1. The summed E-state index contributed by atoms with van der Waals surface area (Å²) in [6.45, 7) is 9.49. The second-order valence-corrected chi connectivity index (χ2v) is 8.39. The summed E-state index contributed by atoms with van der Waals surface area (Å²) in [5.41, 5.74) is 0.439. The minimum absolute atomic E-state index is 0.0276. The predicted octanol–water partition coefficient (Wildman–Crippen LogP) is 2.07. The summed E-state index contributed by atoms with van der Waals surface area (Å²) in [5, 5.41) is 11.5. The molecule has 1 aromatic rings. The fourth-order valence-corrected chi connectivity index (χ4v) is 3.26. The first-order chi connectivity index (χ1) is 13.4. The molecule has 4 amide bonds. The quantitative estimate of drug-likeness (QED) is 0.678. The monoisotopic (exact) mass is 403 g/mol. The van der Waals surface area contributed by atoms with E-state index >= 15 is 0 Å². The Kier molecular flexibility index (Phi) is 6.35. The first-order valence-electron chi connectivity index (χ1n) is 9.65. The Morgan fingerprint density at radius 3 is 2.24 bits per heavy atom. The van der Waals surface area contributed by atoms with Gasteiger partial charge in [0.2, 0.25) is 5.91 Å². The average molecular weight is 403 g/mol. The Hall–Kier alpha value is -2.90. The smallest absolute Gasteiger partial charge is 0.325 e. The van der Waals surface area contributed by atoms with Gasteiger partial charge in [-0.25, -0.2) is 4.79 Å². The molecule has 1 unspecified atom stereocenters. The van der Waals surface area contributed by atoms with Gasteiger partial charge in [0.05, 0.1) is 6.42 Å². The van der Waals surface area contributed by atoms with Gasteiger partial charge in [0.25, 0.3) is 5.91 Å². The molecule has 2 N–H and O–H groups in total. The summed E-state index contributed by atoms with van der Waals surface area (Å²) >= 11 is 0. The van der Waals surface area contributed by atoms with Crippen molar-refractivity contribution < 1.29 is 24.3 Å². The van der Waals surface area contributed by atoms with E-state index in [-0.39, 0.29) is 18.4 Å². The summed E-state index contributed by atoms with van der Waals surface area (Å²) in [7, 11) is 0. The van der Waals surface area contributed by atoms with Crippen molar-refractivity contribution in [3.63, 3.8) is 0 Å². The first-order valence-corrected chi connectivity index (χ1v) is 9.65. The van der Waals surface area contributed by atoms with E-state index < -0.39 is 35.9 Å². The van der Waals surface area contributed by atoms with Gasteiger partial charge in [0.1, 0.15) is 12.1 Å². The Morgan fingerprint density at radius 2 is 1.76 bits per heavy atom. The molecule has 1 aliphatic rings. The lowest BCUT2D eigenvalue weighted by molar-refractivity contribution is -0.141. The number of nitrogens with zero attached hydrogens (tertiary/aromatic N) is 2. The highest BCUT2D eigenvalue weighted by Gasteiger charge is 2.49. The molecule has 1 heterocycles. The number of hydrogen-bond donors (Lipinski definition) is 2. The standard InChI is InChI=1S/C21H29N3O5/c1-6-23(12-11-17(26)27)16(25)13-24-18(28)21(5,22-19(24)29)15-9-7-14(8-10-15)20(2,3)4/h7-10H,6,11-13H2,1-5H3,(H,22,29)(H,26,27). The molecule has 1 aromatic carbocycles. The van der Waals surface area contributed by atoms with Crippen LogP contribution < -0.4 is 5.32 Å². The molecule has 1 fully saturated rings. The summed E-state index contributed by atoms with van der Waals surface area (Å²) in [6, 6.07) is 6.85. The molecule has 0 aromatic heterocycles. The number of carbonyl (C=O) groups is 4. The van der Waals surface area contributed by atoms with Crippen molar-refractivity contribution in [3.05, 3.63) is 35.4 Å². The van der Waals surface area contributed by atoms with Gasteiger partial charge in [-0.1, -0.05) is 45.0 Å². The number of nitrogens with one attached hydrogen (secondary N) is 1. The van der Waals surface area contributed by atoms with Gasteiger partial charge in [-0.2, -0.15) is 0 Å². The van der Waals surface area contributed by atoms with Crippen molar-refractivity contribution in [1.29, 1.82) is 0 Å². The number of hydrogen-bond acceptors (Lipinski definition) is 4. The maximum atomic E-state index is 13.0. The van der Waals surface area contributed by atoms with E-state index in [9.17, 15) is 19.2 Å². The second-order valence-electron chi connectivity index (χ2n) is 8.39. The SMILES string of the molecule is CCN(CCC(=O)O)C(=O)CN1C(=O)NC(C)(c2ccc(C(C)(C)C)cc2)C1=O. The van der Waals surface area contributed by atoms with Crippen molar-refractivity contribution in [2.24, 2.45) is 0 Å². The number of carboxylic acid groups (broad SMARTS) is 1. The van der Waals surface area contributed by atoms with Crippen LogP contribution in [0, 0.1) is 0 Å². The number of benzene rings is 1. The normalized spacial score (nSPS) is 19.3. The number of carboxylic acids is 1. The van der Waals surface area contributed by atoms with Crippen LogP contribution in [0.3, 0.4) is 0 Å². The van der Waals surface area contributed by atoms with Crippen LogP contribution in [-0.2, 0) is 25.3 Å². The lowest BCUT2D eigenvalue weighted by Crippen LogP contribution is -2.45. The molecule has 2 rings (SSSR count). The average Bonchev–Trinajstić information content (AvgIpc) is 2.85. The lowest BCUT2D eigenvalue weighted by atomic mass is 9.84. The van der Waals surface area contributed by atoms with Gasteiger partial charge in [-0.3, -0.25) is 19.3 Å². The van der Waals surface area contributed by atoms with Gasteiger partial charge < -0.3 is 15.3 Å². The van der Waals surface area contributed by atoms with Crippen LogP contribution in [0.5, 0.6) is 0 Å². The molecule has 158 valence electrons. The molecular formula is C21H29N3O5. The molecular weight excluding hydrogens is 374 g/mol. The highest BCUT2D eigenvalue weighted by Crippen LogP contribution is 2.31. The van der Waals surface area contributed by atoms with E-state index in [1.54, 1.807) is 13.8 Å². The van der Waals surface area contributed by atoms with Gasteiger partial charge in [0.15, 0.2) is 0 Å². The fourth-order valence-electron chi connectivity index (χ4n) is 3.26. The van der Waals surface area contributed by atoms with Crippen LogP contribution in [0.2, 0.25) is 0 Å². The Labute approximate surface area is 170 Å². The molecule has 1 atom stereocenters. The van der Waals surface area contributed by atoms with Crippen molar-refractivity contribution in [3.8, 4) is 0 Å². The van der Waals surface area contributed by atoms with E-state index in [1.807, 2.05) is 24.3 Å². The molecule has 0 spiro atoms. The number of carbonyl (C=O) groups excluding carboxylic acids is 3. The topological polar surface area (TPSA) is 107 Å². The van der Waals surface area contributed by atoms with Crippen LogP contribution in [0.1, 0.15) is 52.2 Å². The molecule has 29 heavy (non-hydrogen) atoms. The van der Waals surface area contributed by atoms with E-state index in [1.165, 1.54) is 4.90 Å². The Balaban J connectivity index is 2.17. The lowest BCUT2D eigenvalue weighted by Gasteiger charge is -2.25. The zero-order chi connectivity index (χ0) is 22.0. The molecule has 1 aliphatic heterocycles. The van der Waals surface area contributed by atoms with Crippen LogP contribution in [-0.4, -0.2) is 58.4 Å². The zero-order valence-electron chi connectivity index (χ0n) is 17.6. The molecule has 0 bridgehead atoms. The zero-order valence-corrected chi connectivity index (χ0v) is 17.6. The van der Waals surface area contributed by atoms with Crippen molar-refractivity contribution >= 4 is 23.8 Å². The van der Waals surface area contributed by atoms with Gasteiger partial charge in [-0.05, 0) is 30.4 Å². The van der Waals surface area contributed by atoms with Crippen molar-refractivity contribution in [2.75, 3.05) is 19.6 Å². The van der Waals surface area contributed by atoms with Crippen LogP contribution >= 0.6 is 0 Å². The number of rotatable bonds is 7. The molecule has 0 aliphatic carbocycles. The van der Waals surface area contributed by atoms with E-state index in [4.69, 9.17) is 5.11 Å². The minimum Gasteiger partial charge on any atom is -0.481 e. The van der Waals surface area contributed by atoms with Gasteiger partial charge in [0, 0.05) is 13.1 Å². The van der Waals surface area contributed by atoms with E-state index in [0.29, 0.717) is 12.1 Å². The highest BCUT2D eigenvalue weighted by atomic mass is 16.4. The molecule has 1 saturated heterocycles. The summed E-state index contributed by atoms with van der Waals surface area (Å²) < 4.78 is 0. The number of aliphatic carboxylic acids is 1. The highest BCUT2D eigenvalue weighted by molar-refractivity contribution is 6.09. The predicted molar refractivity (Wildman–Crippen MR) is 107 cm³/mol. The van der Waals surface area contributed by atoms with Gasteiger partial charge >= 0.3 is 12.0 Å². The second kappa shape index (κ2) is 8.23. The van der Waals surface area contributed by atoms with Gasteiger partial charge in [-0.15, -0.1) is 0 Å². The molecule has 0 radical (unpaired) electrons. The molecule has 8 nitrogen and oxygen atoms in total. The summed E-state index contributed by atoms with van der Waals surface area (Å²) in [6.07, 6.45) is -0.197. The van der Waals surface area contributed by atoms with Crippen LogP contribution in [0.25, 0.3) is 0 Å². The summed E-state index contributed by atoms with van der Waals surface area (Å²) in [5.74, 6) is -1.99. The van der Waals surface area contributed by atoms with Crippen molar-refractivity contribution in [1.82, 2.24) is 15.1 Å². The largest absolute Gasteiger partial charge is 0.481 e. The maximum absolute atomic E-state index is 13.0. The van der Waals surface area contributed by atoms with Crippen LogP contribution in [0.4, 0.5) is 4.79 Å². The Bertz CT molecular complexity index is 813. The number of amides is 4. The fraction of sp³-hybridized carbons (Fsp3) is 0.524. The Morgan fingerprint density at radius 1 is 1.17 bits per heavy atom. The molecule has 8 heteroatoms. The third-order valence-electron chi connectivity index (χ3n) is 5.23. The third kappa shape index (κ3) is 4.75. The third-order valence-corrected chi connectivity index (χ3v) is 5.23. The number of likely N-dealkylation sites (N-methyl/N-ethyl adjacent to an activating group) is 1. The van der Waals surface area contributed by atoms with Crippen LogP contribution in [0.15, 0.2) is 24.3 Å². The summed E-state index contributed by atoms with van der Waals surface area (Å²) in [4.78, 5) is 50.9. The number of urea groups is 1. The van der Waals surface area contributed by atoms with Crippen molar-refractivity contribution in [2.45, 2.75) is 52.0 Å². The first kappa shape index (κ1) is 22.4. The minimum atomic E-state index is -1.26.